The topological polar surface area (TPSA) is 320 Å². The zero-order valence-corrected chi connectivity index (χ0v) is 40.6. The van der Waals surface area contributed by atoms with Crippen molar-refractivity contribution >= 4 is 77.6 Å². The minimum Gasteiger partial charge on any atom is -0.492 e. The summed E-state index contributed by atoms with van der Waals surface area (Å²) >= 11 is 3.99. The number of hydrogen-bond donors (Lipinski definition) is 10. The lowest BCUT2D eigenvalue weighted by Crippen LogP contribution is -2.66. The van der Waals surface area contributed by atoms with Gasteiger partial charge in [0.25, 0.3) is 0 Å². The van der Waals surface area contributed by atoms with E-state index in [0.717, 1.165) is 22.9 Å². The van der Waals surface area contributed by atoms with Gasteiger partial charge in [0.2, 0.25) is 48.3 Å². The molecule has 1 heterocycles. The summed E-state index contributed by atoms with van der Waals surface area (Å²) in [5, 5.41) is 27.2. The summed E-state index contributed by atoms with van der Waals surface area (Å²) in [5.74, 6) is -4.51. The molecule has 0 bridgehead atoms. The van der Waals surface area contributed by atoms with Gasteiger partial charge in [0.15, 0.2) is 0 Å². The summed E-state index contributed by atoms with van der Waals surface area (Å²) < 4.78 is 11.3. The van der Waals surface area contributed by atoms with Gasteiger partial charge in [-0.2, -0.15) is 12.6 Å². The highest BCUT2D eigenvalue weighted by atomic mass is 32.1. The maximum atomic E-state index is 14.5. The molecule has 0 aromatic heterocycles. The number of fused-ring (bicyclic) bond motifs is 1. The van der Waals surface area contributed by atoms with Crippen molar-refractivity contribution in [1.29, 1.82) is 0 Å². The van der Waals surface area contributed by atoms with Crippen LogP contribution in [0.5, 0.6) is 5.75 Å². The predicted molar refractivity (Wildman–Crippen MR) is 260 cm³/mol. The summed E-state index contributed by atoms with van der Waals surface area (Å²) in [6.07, 6.45) is 0.0744. The molecule has 4 rings (SSSR count). The van der Waals surface area contributed by atoms with Crippen molar-refractivity contribution in [2.24, 2.45) is 11.5 Å². The first-order chi connectivity index (χ1) is 32.6. The molecule has 8 amide bonds. The molecule has 378 valence electrons. The molecule has 0 unspecified atom stereocenters. The standard InChI is InChI=1S/C42H55N7O10.C4H9NOS.CH3NO/c1-27(50)45-34(25-28-9-12-32(13-10-28)59-23-20-49(2)3)39(55)46-35(26-29-8-11-30-6-4-5-7-31(30)24-29)40(56)48-42(17-21-58-22-18-42)41(57)47-33(14-15-37(52)53)38(54)44-19-16-36(43)51;1-4(2,7)5-3-6;2-1-3/h4-13,24,33-35H,14-23,25-26H2,1-3H3,(H2,43,51)(H,44,54)(H,45,50)(H,46,55)(H,47,57)(H,48,56)(H,52,53);3,7H,1-2H3,(H,5,6);1H,(H2,2,3)/t33-,34-,35-;;/m0../s1. The van der Waals surface area contributed by atoms with Crippen LogP contribution in [0.25, 0.3) is 10.8 Å². The molecular formula is C47H67N9O12S. The normalized spacial score (nSPS) is 14.0. The molecule has 0 aliphatic carbocycles. The van der Waals surface area contributed by atoms with Gasteiger partial charge in [-0.15, -0.1) is 0 Å². The Labute approximate surface area is 407 Å². The molecular weight excluding hydrogens is 915 g/mol. The smallest absolute Gasteiger partial charge is 0.303 e. The third-order valence-electron chi connectivity index (χ3n) is 10.2. The number of aliphatic carboxylic acids is 1. The Morgan fingerprint density at radius 1 is 0.841 bits per heavy atom. The number of nitrogens with zero attached hydrogens (tertiary/aromatic N) is 1. The zero-order valence-electron chi connectivity index (χ0n) is 39.7. The number of primary amides is 2. The van der Waals surface area contributed by atoms with Crippen LogP contribution in [0.15, 0.2) is 66.7 Å². The summed E-state index contributed by atoms with van der Waals surface area (Å²) in [6, 6.07) is 16.8. The van der Waals surface area contributed by atoms with Gasteiger partial charge in [-0.25, -0.2) is 0 Å². The number of carbonyl (C=O) groups is 9. The number of hydrogen-bond acceptors (Lipinski definition) is 13. The Morgan fingerprint density at radius 3 is 1.99 bits per heavy atom. The van der Waals surface area contributed by atoms with Gasteiger partial charge in [-0.1, -0.05) is 54.6 Å². The highest BCUT2D eigenvalue weighted by molar-refractivity contribution is 7.81. The molecule has 1 fully saturated rings. The summed E-state index contributed by atoms with van der Waals surface area (Å²) in [6.45, 7) is 6.11. The van der Waals surface area contributed by atoms with Crippen LogP contribution in [0, 0.1) is 0 Å². The summed E-state index contributed by atoms with van der Waals surface area (Å²) in [4.78, 5) is 111. The van der Waals surface area contributed by atoms with E-state index in [9.17, 15) is 43.5 Å². The van der Waals surface area contributed by atoms with E-state index >= 15 is 0 Å². The Hall–Kier alpha value is -6.78. The first kappa shape index (κ1) is 58.3. The molecule has 3 atom stereocenters. The van der Waals surface area contributed by atoms with Crippen molar-refractivity contribution in [3.63, 3.8) is 0 Å². The van der Waals surface area contributed by atoms with Crippen molar-refractivity contribution in [1.82, 2.24) is 36.8 Å². The minimum atomic E-state index is -1.62. The lowest BCUT2D eigenvalue weighted by Gasteiger charge is -2.38. The highest BCUT2D eigenvalue weighted by Crippen LogP contribution is 2.24. The molecule has 21 nitrogen and oxygen atoms in total. The molecule has 1 saturated heterocycles. The Bertz CT molecular complexity index is 2180. The fourth-order valence-electron chi connectivity index (χ4n) is 6.70. The van der Waals surface area contributed by atoms with E-state index in [1.54, 1.807) is 38.1 Å². The third kappa shape index (κ3) is 22.7. The quantitative estimate of drug-likeness (QED) is 0.0323. The first-order valence-corrected chi connectivity index (χ1v) is 22.6. The maximum Gasteiger partial charge on any atom is 0.303 e. The van der Waals surface area contributed by atoms with E-state index in [2.05, 4.69) is 50.3 Å². The van der Waals surface area contributed by atoms with Crippen molar-refractivity contribution in [3.05, 3.63) is 77.9 Å². The Morgan fingerprint density at radius 2 is 1.43 bits per heavy atom. The van der Waals surface area contributed by atoms with Crippen LogP contribution in [0.4, 0.5) is 0 Å². The first-order valence-electron chi connectivity index (χ1n) is 22.1. The van der Waals surface area contributed by atoms with Gasteiger partial charge in [0, 0.05) is 71.8 Å². The summed E-state index contributed by atoms with van der Waals surface area (Å²) in [5.41, 5.74) is 9.16. The minimum absolute atomic E-state index is 0.000465. The van der Waals surface area contributed by atoms with Crippen LogP contribution in [0.2, 0.25) is 0 Å². The Balaban J connectivity index is 0.00000148. The fraction of sp³-hybridized carbons (Fsp3) is 0.468. The average Bonchev–Trinajstić information content (AvgIpc) is 3.27. The molecule has 0 radical (unpaired) electrons. The number of rotatable bonds is 24. The third-order valence-corrected chi connectivity index (χ3v) is 10.4. The van der Waals surface area contributed by atoms with Crippen molar-refractivity contribution in [3.8, 4) is 5.75 Å². The average molecular weight is 982 g/mol. The van der Waals surface area contributed by atoms with E-state index < -0.39 is 71.5 Å². The fourth-order valence-corrected chi connectivity index (χ4v) is 6.75. The van der Waals surface area contributed by atoms with Crippen molar-refractivity contribution < 1.29 is 57.7 Å². The number of nitrogens with one attached hydrogen (secondary N) is 6. The SMILES string of the molecule is CC(=O)N[C@@H](Cc1ccc(OCCN(C)C)cc1)C(=O)N[C@@H](Cc1ccc2ccccc2c1)C(=O)NC1(C(=O)N[C@@H](CCC(=O)O)C(=O)NCCC(N)=O)CCOCC1.CC(C)(S)NC=O.NC=O. The number of benzene rings is 3. The molecule has 1 aliphatic heterocycles. The van der Waals surface area contributed by atoms with Gasteiger partial charge in [-0.3, -0.25) is 43.2 Å². The largest absolute Gasteiger partial charge is 0.492 e. The molecule has 0 saturated carbocycles. The number of amides is 8. The number of nitrogens with two attached hydrogens (primary N) is 2. The van der Waals surface area contributed by atoms with Gasteiger partial charge in [0.1, 0.15) is 36.0 Å². The van der Waals surface area contributed by atoms with Crippen molar-refractivity contribution in [2.75, 3.05) is 47.0 Å². The highest BCUT2D eigenvalue weighted by Gasteiger charge is 2.44. The van der Waals surface area contributed by atoms with E-state index in [-0.39, 0.29) is 69.6 Å². The number of ether oxygens (including phenoxy) is 2. The van der Waals surface area contributed by atoms with E-state index in [1.807, 2.05) is 61.5 Å². The van der Waals surface area contributed by atoms with E-state index in [1.165, 1.54) is 6.92 Å². The molecule has 69 heavy (non-hydrogen) atoms. The number of carbonyl (C=O) groups excluding carboxylic acids is 8. The lowest BCUT2D eigenvalue weighted by molar-refractivity contribution is -0.141. The number of likely N-dealkylation sites (N-methyl/N-ethyl adjacent to an activating group) is 1. The van der Waals surface area contributed by atoms with Crippen LogP contribution < -0.4 is 48.1 Å². The maximum absolute atomic E-state index is 14.5. The number of carboxylic acids is 1. The second kappa shape index (κ2) is 29.9. The van der Waals surface area contributed by atoms with Gasteiger partial charge >= 0.3 is 5.97 Å². The van der Waals surface area contributed by atoms with Crippen LogP contribution in [0.3, 0.4) is 0 Å². The van der Waals surface area contributed by atoms with Gasteiger partial charge in [-0.05, 0) is 68.4 Å². The van der Waals surface area contributed by atoms with E-state index in [4.69, 9.17) is 20.0 Å². The second-order valence-electron chi connectivity index (χ2n) is 16.8. The lowest BCUT2D eigenvalue weighted by atomic mass is 9.87. The molecule has 0 spiro atoms. The van der Waals surface area contributed by atoms with Gasteiger partial charge in [0.05, 0.1) is 4.87 Å². The molecule has 22 heteroatoms. The Kier molecular flexibility index (Phi) is 25.3. The predicted octanol–water partition coefficient (Wildman–Crippen LogP) is 0.0613. The van der Waals surface area contributed by atoms with Crippen molar-refractivity contribution in [2.45, 2.75) is 94.3 Å². The number of thiol groups is 1. The molecule has 1 aliphatic rings. The monoisotopic (exact) mass is 981 g/mol. The molecule has 11 N–H and O–H groups in total. The van der Waals surface area contributed by atoms with Crippen LogP contribution in [0.1, 0.15) is 64.0 Å². The molecule has 3 aromatic carbocycles. The van der Waals surface area contributed by atoms with Crippen LogP contribution >= 0.6 is 12.6 Å². The van der Waals surface area contributed by atoms with Crippen LogP contribution in [-0.4, -0.2) is 140 Å². The summed E-state index contributed by atoms with van der Waals surface area (Å²) in [7, 11) is 3.89. The number of carboxylic acid groups (broad SMARTS) is 1. The van der Waals surface area contributed by atoms with E-state index in [0.29, 0.717) is 24.3 Å². The van der Waals surface area contributed by atoms with Gasteiger partial charge < -0.3 is 62.8 Å². The second-order valence-corrected chi connectivity index (χ2v) is 17.9. The van der Waals surface area contributed by atoms with Crippen LogP contribution in [-0.2, 0) is 60.7 Å². The molecule has 3 aromatic rings. The zero-order chi connectivity index (χ0) is 51.6.